The number of rotatable bonds is 3. The molecule has 4 nitrogen and oxygen atoms in total. The van der Waals surface area contributed by atoms with Crippen LogP contribution in [0.4, 0.5) is 10.5 Å². The molecular weight excluding hydrogens is 298 g/mol. The van der Waals surface area contributed by atoms with E-state index >= 15 is 0 Å². The van der Waals surface area contributed by atoms with Crippen molar-refractivity contribution >= 4 is 17.8 Å². The van der Waals surface area contributed by atoms with Gasteiger partial charge in [0, 0.05) is 38.1 Å². The number of urea groups is 1. The minimum absolute atomic E-state index is 0.0360. The number of nitrogens with one attached hydrogen (secondary N) is 1. The van der Waals surface area contributed by atoms with Crippen LogP contribution in [0.1, 0.15) is 11.1 Å². The van der Waals surface area contributed by atoms with E-state index in [2.05, 4.69) is 41.4 Å². The third-order valence-electron chi connectivity index (χ3n) is 4.22. The predicted octanol–water partition coefficient (Wildman–Crippen LogP) is 3.50. The molecule has 2 aromatic carbocycles. The molecule has 1 fully saturated rings. The van der Waals surface area contributed by atoms with Gasteiger partial charge in [-0.05, 0) is 36.3 Å². The first-order valence-corrected chi connectivity index (χ1v) is 8.31. The molecule has 0 unspecified atom stereocenters. The van der Waals surface area contributed by atoms with E-state index in [0.717, 1.165) is 31.7 Å². The minimum Gasteiger partial charge on any atom is -0.368 e. The number of nitrogens with zero attached hydrogens (tertiary/aromatic N) is 2. The summed E-state index contributed by atoms with van der Waals surface area (Å²) >= 11 is 0. The van der Waals surface area contributed by atoms with Gasteiger partial charge in [0.05, 0.1) is 0 Å². The summed E-state index contributed by atoms with van der Waals surface area (Å²) in [5.74, 6) is 0. The monoisotopic (exact) mass is 321 g/mol. The van der Waals surface area contributed by atoms with Crippen molar-refractivity contribution in [3.63, 3.8) is 0 Å². The molecule has 4 heteroatoms. The van der Waals surface area contributed by atoms with E-state index < -0.39 is 0 Å². The Morgan fingerprint density at radius 1 is 1.00 bits per heavy atom. The van der Waals surface area contributed by atoms with Crippen LogP contribution < -0.4 is 10.2 Å². The minimum atomic E-state index is -0.0360. The van der Waals surface area contributed by atoms with Gasteiger partial charge in [-0.1, -0.05) is 42.5 Å². The quantitative estimate of drug-likeness (QED) is 0.939. The van der Waals surface area contributed by atoms with E-state index in [1.807, 2.05) is 41.3 Å². The maximum Gasteiger partial charge on any atom is 0.321 e. The fourth-order valence-corrected chi connectivity index (χ4v) is 2.86. The molecule has 124 valence electrons. The first-order chi connectivity index (χ1) is 11.7. The Morgan fingerprint density at radius 3 is 2.46 bits per heavy atom. The van der Waals surface area contributed by atoms with Crippen LogP contribution in [0.3, 0.4) is 0 Å². The van der Waals surface area contributed by atoms with Crippen LogP contribution in [0.15, 0.2) is 60.8 Å². The van der Waals surface area contributed by atoms with Crippen LogP contribution in [0, 0.1) is 6.92 Å². The largest absolute Gasteiger partial charge is 0.368 e. The first-order valence-electron chi connectivity index (χ1n) is 8.31. The molecule has 0 aliphatic carbocycles. The van der Waals surface area contributed by atoms with Crippen LogP contribution in [0.2, 0.25) is 0 Å². The average molecular weight is 321 g/mol. The summed E-state index contributed by atoms with van der Waals surface area (Å²) in [6.07, 6.45) is 3.62. The molecule has 0 saturated carbocycles. The van der Waals surface area contributed by atoms with Crippen molar-refractivity contribution in [3.8, 4) is 0 Å². The second-order valence-corrected chi connectivity index (χ2v) is 6.01. The Balaban J connectivity index is 1.49. The maximum atomic E-state index is 12.2. The van der Waals surface area contributed by atoms with Gasteiger partial charge in [-0.15, -0.1) is 0 Å². The van der Waals surface area contributed by atoms with E-state index in [0.29, 0.717) is 0 Å². The molecule has 0 spiro atoms. The van der Waals surface area contributed by atoms with Crippen molar-refractivity contribution in [1.29, 1.82) is 0 Å². The van der Waals surface area contributed by atoms with Crippen molar-refractivity contribution in [3.05, 3.63) is 71.9 Å². The summed E-state index contributed by atoms with van der Waals surface area (Å²) in [6, 6.07) is 18.4. The molecule has 0 aromatic heterocycles. The molecule has 0 bridgehead atoms. The van der Waals surface area contributed by atoms with Crippen molar-refractivity contribution in [1.82, 2.24) is 10.2 Å². The highest BCUT2D eigenvalue weighted by molar-refractivity contribution is 5.76. The molecule has 1 aliphatic heterocycles. The van der Waals surface area contributed by atoms with Crippen molar-refractivity contribution < 1.29 is 4.79 Å². The molecule has 2 amide bonds. The van der Waals surface area contributed by atoms with Crippen molar-refractivity contribution in [2.24, 2.45) is 0 Å². The summed E-state index contributed by atoms with van der Waals surface area (Å²) in [7, 11) is 0. The molecule has 0 radical (unpaired) electrons. The van der Waals surface area contributed by atoms with E-state index in [1.54, 1.807) is 6.20 Å². The number of aryl methyl sites for hydroxylation is 1. The lowest BCUT2D eigenvalue weighted by molar-refractivity contribution is 0.198. The van der Waals surface area contributed by atoms with Gasteiger partial charge in [0.1, 0.15) is 0 Å². The normalized spacial score (nSPS) is 14.9. The average Bonchev–Trinajstić information content (AvgIpc) is 2.63. The Morgan fingerprint density at radius 2 is 1.75 bits per heavy atom. The van der Waals surface area contributed by atoms with Gasteiger partial charge >= 0.3 is 6.03 Å². The lowest BCUT2D eigenvalue weighted by atomic mass is 10.2. The number of amides is 2. The van der Waals surface area contributed by atoms with Crippen LogP contribution in [-0.2, 0) is 0 Å². The molecule has 3 rings (SSSR count). The molecule has 2 aromatic rings. The van der Waals surface area contributed by atoms with Crippen LogP contribution in [0.5, 0.6) is 0 Å². The standard InChI is InChI=1S/C20H23N3O/c1-17-6-5-9-19(16-17)22-12-14-23(15-13-22)20(24)21-11-10-18-7-3-2-4-8-18/h2-11,16H,12-15H2,1H3,(H,21,24)/b11-10+. The van der Waals surface area contributed by atoms with Gasteiger partial charge < -0.3 is 15.1 Å². The topological polar surface area (TPSA) is 35.6 Å². The predicted molar refractivity (Wildman–Crippen MR) is 99.0 cm³/mol. The van der Waals surface area contributed by atoms with Crippen molar-refractivity contribution in [2.75, 3.05) is 31.1 Å². The fourth-order valence-electron chi connectivity index (χ4n) is 2.86. The zero-order valence-corrected chi connectivity index (χ0v) is 14.0. The smallest absolute Gasteiger partial charge is 0.321 e. The van der Waals surface area contributed by atoms with Gasteiger partial charge in [0.15, 0.2) is 0 Å². The van der Waals surface area contributed by atoms with Crippen LogP contribution in [0.25, 0.3) is 6.08 Å². The fraction of sp³-hybridized carbons (Fsp3) is 0.250. The highest BCUT2D eigenvalue weighted by Crippen LogP contribution is 2.17. The second kappa shape index (κ2) is 7.68. The van der Waals surface area contributed by atoms with Gasteiger partial charge in [0.25, 0.3) is 0 Å². The van der Waals surface area contributed by atoms with Gasteiger partial charge in [-0.3, -0.25) is 0 Å². The second-order valence-electron chi connectivity index (χ2n) is 6.01. The Bertz CT molecular complexity index is 704. The molecule has 24 heavy (non-hydrogen) atoms. The third-order valence-corrected chi connectivity index (χ3v) is 4.22. The van der Waals surface area contributed by atoms with Crippen LogP contribution >= 0.6 is 0 Å². The zero-order chi connectivity index (χ0) is 16.8. The van der Waals surface area contributed by atoms with E-state index in [-0.39, 0.29) is 6.03 Å². The lowest BCUT2D eigenvalue weighted by Crippen LogP contribution is -2.51. The number of carbonyl (C=O) groups is 1. The number of anilines is 1. The number of piperazine rings is 1. The summed E-state index contributed by atoms with van der Waals surface area (Å²) in [4.78, 5) is 16.4. The summed E-state index contributed by atoms with van der Waals surface area (Å²) in [6.45, 7) is 5.29. The molecule has 1 heterocycles. The van der Waals surface area contributed by atoms with Crippen molar-refractivity contribution in [2.45, 2.75) is 6.92 Å². The zero-order valence-electron chi connectivity index (χ0n) is 14.0. The highest BCUT2D eigenvalue weighted by atomic mass is 16.2. The number of carbonyl (C=O) groups excluding carboxylic acids is 1. The molecule has 1 N–H and O–H groups in total. The molecular formula is C20H23N3O. The first kappa shape index (κ1) is 16.1. The number of hydrogen-bond acceptors (Lipinski definition) is 2. The Hall–Kier alpha value is -2.75. The summed E-state index contributed by atoms with van der Waals surface area (Å²) < 4.78 is 0. The maximum absolute atomic E-state index is 12.2. The Labute approximate surface area is 143 Å². The van der Waals surface area contributed by atoms with Gasteiger partial charge in [-0.25, -0.2) is 4.79 Å². The van der Waals surface area contributed by atoms with E-state index in [4.69, 9.17) is 0 Å². The molecule has 1 saturated heterocycles. The number of benzene rings is 2. The third kappa shape index (κ3) is 4.16. The van der Waals surface area contributed by atoms with Gasteiger partial charge in [-0.2, -0.15) is 0 Å². The molecule has 1 aliphatic rings. The Kier molecular flexibility index (Phi) is 5.16. The van der Waals surface area contributed by atoms with Gasteiger partial charge in [0.2, 0.25) is 0 Å². The highest BCUT2D eigenvalue weighted by Gasteiger charge is 2.20. The summed E-state index contributed by atoms with van der Waals surface area (Å²) in [5, 5.41) is 2.85. The SMILES string of the molecule is Cc1cccc(N2CCN(C(=O)N/C=C/c3ccccc3)CC2)c1. The summed E-state index contributed by atoms with van der Waals surface area (Å²) in [5.41, 5.74) is 3.57. The van der Waals surface area contributed by atoms with E-state index in [9.17, 15) is 4.79 Å². The lowest BCUT2D eigenvalue weighted by Gasteiger charge is -2.36. The number of hydrogen-bond donors (Lipinski definition) is 1. The van der Waals surface area contributed by atoms with Crippen LogP contribution in [-0.4, -0.2) is 37.1 Å². The molecule has 0 atom stereocenters. The van der Waals surface area contributed by atoms with E-state index in [1.165, 1.54) is 11.3 Å².